The van der Waals surface area contributed by atoms with E-state index in [0.717, 1.165) is 0 Å². The number of nitro benzene ring substituents is 1. The van der Waals surface area contributed by atoms with Gasteiger partial charge in [-0.05, 0) is 12.1 Å². The molecule has 0 bridgehead atoms. The van der Waals surface area contributed by atoms with Crippen LogP contribution in [0, 0.1) is 33.8 Å². The molecule has 15 heavy (non-hydrogen) atoms. The molecule has 0 unspecified atom stereocenters. The first kappa shape index (κ1) is 10.6. The van der Waals surface area contributed by atoms with Crippen LogP contribution in [0.1, 0.15) is 5.56 Å². The standard InChI is InChI=1S/C10H7N3O2/c1-2-6-12-9-5-3-4-8(7-11)10(9)13(14)15/h1,3-5,12H,6H2. The van der Waals surface area contributed by atoms with Gasteiger partial charge in [0.05, 0.1) is 11.5 Å². The van der Waals surface area contributed by atoms with E-state index in [1.807, 2.05) is 0 Å². The van der Waals surface area contributed by atoms with Gasteiger partial charge in [-0.15, -0.1) is 6.42 Å². The van der Waals surface area contributed by atoms with E-state index in [4.69, 9.17) is 11.7 Å². The molecule has 0 radical (unpaired) electrons. The first-order valence-corrected chi connectivity index (χ1v) is 4.05. The zero-order valence-corrected chi connectivity index (χ0v) is 7.73. The minimum atomic E-state index is -0.600. The lowest BCUT2D eigenvalue weighted by molar-refractivity contribution is -0.384. The first-order chi connectivity index (χ1) is 7.20. The van der Waals surface area contributed by atoms with Crippen LogP contribution in [0.4, 0.5) is 11.4 Å². The molecule has 74 valence electrons. The van der Waals surface area contributed by atoms with Crippen LogP contribution in [0.5, 0.6) is 0 Å². The molecule has 0 saturated carbocycles. The number of anilines is 1. The summed E-state index contributed by atoms with van der Waals surface area (Å²) in [7, 11) is 0. The van der Waals surface area contributed by atoms with Crippen LogP contribution in [0.25, 0.3) is 0 Å². The maximum atomic E-state index is 10.7. The lowest BCUT2D eigenvalue weighted by Gasteiger charge is -2.03. The zero-order valence-electron chi connectivity index (χ0n) is 7.73. The van der Waals surface area contributed by atoms with Gasteiger partial charge in [0.15, 0.2) is 0 Å². The Bertz CT molecular complexity index is 469. The van der Waals surface area contributed by atoms with E-state index in [1.165, 1.54) is 12.1 Å². The highest BCUT2D eigenvalue weighted by molar-refractivity contribution is 5.68. The normalized spacial score (nSPS) is 8.67. The zero-order chi connectivity index (χ0) is 11.3. The van der Waals surface area contributed by atoms with E-state index in [9.17, 15) is 10.1 Å². The van der Waals surface area contributed by atoms with Gasteiger partial charge in [-0.25, -0.2) is 0 Å². The summed E-state index contributed by atoms with van der Waals surface area (Å²) in [4.78, 5) is 10.1. The number of para-hydroxylation sites is 1. The van der Waals surface area contributed by atoms with Gasteiger partial charge in [0.25, 0.3) is 0 Å². The molecule has 0 amide bonds. The number of benzene rings is 1. The van der Waals surface area contributed by atoms with E-state index in [2.05, 4.69) is 11.2 Å². The Balaban J connectivity index is 3.22. The van der Waals surface area contributed by atoms with E-state index in [0.29, 0.717) is 0 Å². The predicted molar refractivity (Wildman–Crippen MR) is 55.1 cm³/mol. The highest BCUT2D eigenvalue weighted by Crippen LogP contribution is 2.27. The summed E-state index contributed by atoms with van der Waals surface area (Å²) in [5, 5.41) is 22.1. The van der Waals surface area contributed by atoms with Crippen molar-refractivity contribution in [2.75, 3.05) is 11.9 Å². The van der Waals surface area contributed by atoms with Crippen LogP contribution in [-0.2, 0) is 0 Å². The topological polar surface area (TPSA) is 79.0 Å². The molecule has 0 aromatic heterocycles. The SMILES string of the molecule is C#CCNc1cccc(C#N)c1[N+](=O)[O-]. The van der Waals surface area contributed by atoms with Gasteiger partial charge in [-0.2, -0.15) is 5.26 Å². The monoisotopic (exact) mass is 201 g/mol. The van der Waals surface area contributed by atoms with Crippen molar-refractivity contribution in [3.63, 3.8) is 0 Å². The second-order valence-corrected chi connectivity index (χ2v) is 2.63. The van der Waals surface area contributed by atoms with Crippen LogP contribution in [0.15, 0.2) is 18.2 Å². The number of nitriles is 1. The number of nitro groups is 1. The van der Waals surface area contributed by atoms with E-state index in [-0.39, 0.29) is 23.5 Å². The molecular formula is C10H7N3O2. The van der Waals surface area contributed by atoms with E-state index >= 15 is 0 Å². The lowest BCUT2D eigenvalue weighted by Crippen LogP contribution is -2.03. The molecular weight excluding hydrogens is 194 g/mol. The fourth-order valence-electron chi connectivity index (χ4n) is 1.12. The van der Waals surface area contributed by atoms with Gasteiger partial charge < -0.3 is 5.32 Å². The van der Waals surface area contributed by atoms with Crippen LogP contribution in [0.2, 0.25) is 0 Å². The minimum Gasteiger partial charge on any atom is -0.369 e. The van der Waals surface area contributed by atoms with Gasteiger partial charge in [0.1, 0.15) is 17.3 Å². The molecule has 0 aliphatic carbocycles. The Kier molecular flexibility index (Phi) is 3.26. The number of rotatable bonds is 3. The molecule has 0 fully saturated rings. The summed E-state index contributed by atoms with van der Waals surface area (Å²) in [6.07, 6.45) is 5.03. The second kappa shape index (κ2) is 4.64. The van der Waals surface area contributed by atoms with Gasteiger partial charge in [0.2, 0.25) is 0 Å². The van der Waals surface area contributed by atoms with Crippen LogP contribution in [0.3, 0.4) is 0 Å². The Morgan fingerprint density at radius 2 is 2.33 bits per heavy atom. The first-order valence-electron chi connectivity index (χ1n) is 4.05. The van der Waals surface area contributed by atoms with Crippen molar-refractivity contribution in [3.8, 4) is 18.4 Å². The molecule has 0 saturated heterocycles. The van der Waals surface area contributed by atoms with Crippen molar-refractivity contribution in [2.24, 2.45) is 0 Å². The second-order valence-electron chi connectivity index (χ2n) is 2.63. The van der Waals surface area contributed by atoms with Crippen LogP contribution < -0.4 is 5.32 Å². The average molecular weight is 201 g/mol. The smallest absolute Gasteiger partial charge is 0.309 e. The Morgan fingerprint density at radius 3 is 2.87 bits per heavy atom. The summed E-state index contributed by atoms with van der Waals surface area (Å²) in [5.74, 6) is 2.30. The molecule has 0 heterocycles. The van der Waals surface area contributed by atoms with E-state index in [1.54, 1.807) is 12.1 Å². The molecule has 1 rings (SSSR count). The quantitative estimate of drug-likeness (QED) is 0.456. The van der Waals surface area contributed by atoms with Gasteiger partial charge in [0, 0.05) is 0 Å². The van der Waals surface area contributed by atoms with Crippen molar-refractivity contribution < 1.29 is 4.92 Å². The summed E-state index contributed by atoms with van der Waals surface area (Å²) < 4.78 is 0. The maximum Gasteiger partial charge on any atom is 0.309 e. The van der Waals surface area contributed by atoms with Crippen molar-refractivity contribution in [3.05, 3.63) is 33.9 Å². The predicted octanol–water partition coefficient (Wildman–Crippen LogP) is 1.51. The number of hydrogen-bond donors (Lipinski definition) is 1. The molecule has 1 aromatic carbocycles. The third-order valence-corrected chi connectivity index (χ3v) is 1.72. The summed E-state index contributed by atoms with van der Waals surface area (Å²) in [6.45, 7) is 0.176. The molecule has 1 N–H and O–H groups in total. The van der Waals surface area contributed by atoms with Crippen LogP contribution in [-0.4, -0.2) is 11.5 Å². The number of hydrogen-bond acceptors (Lipinski definition) is 4. The number of nitrogens with one attached hydrogen (secondary N) is 1. The van der Waals surface area contributed by atoms with Gasteiger partial charge in [-0.1, -0.05) is 12.0 Å². The van der Waals surface area contributed by atoms with Crippen molar-refractivity contribution >= 4 is 11.4 Å². The van der Waals surface area contributed by atoms with Gasteiger partial charge >= 0.3 is 5.69 Å². The molecule has 1 aromatic rings. The highest BCUT2D eigenvalue weighted by Gasteiger charge is 2.18. The number of nitrogens with zero attached hydrogens (tertiary/aromatic N) is 2. The number of terminal acetylenes is 1. The summed E-state index contributed by atoms with van der Waals surface area (Å²) >= 11 is 0. The van der Waals surface area contributed by atoms with E-state index < -0.39 is 4.92 Å². The van der Waals surface area contributed by atoms with Crippen molar-refractivity contribution in [2.45, 2.75) is 0 Å². The van der Waals surface area contributed by atoms with Crippen LogP contribution >= 0.6 is 0 Å². The molecule has 5 heteroatoms. The van der Waals surface area contributed by atoms with Crippen molar-refractivity contribution in [1.29, 1.82) is 5.26 Å². The largest absolute Gasteiger partial charge is 0.369 e. The maximum absolute atomic E-state index is 10.7. The fourth-order valence-corrected chi connectivity index (χ4v) is 1.12. The minimum absolute atomic E-state index is 0.0158. The van der Waals surface area contributed by atoms with Gasteiger partial charge in [-0.3, -0.25) is 10.1 Å². The third kappa shape index (κ3) is 2.23. The Morgan fingerprint density at radius 1 is 1.60 bits per heavy atom. The Hall–Kier alpha value is -2.53. The summed E-state index contributed by atoms with van der Waals surface area (Å²) in [6, 6.07) is 6.22. The Labute approximate surface area is 86.5 Å². The molecule has 0 spiro atoms. The molecule has 0 aliphatic heterocycles. The molecule has 0 atom stereocenters. The lowest BCUT2D eigenvalue weighted by atomic mass is 10.1. The highest BCUT2D eigenvalue weighted by atomic mass is 16.6. The summed E-state index contributed by atoms with van der Waals surface area (Å²) in [5.41, 5.74) is 0.0364. The molecule has 0 aliphatic rings. The molecule has 5 nitrogen and oxygen atoms in total. The van der Waals surface area contributed by atoms with Crippen molar-refractivity contribution in [1.82, 2.24) is 0 Å². The fraction of sp³-hybridized carbons (Fsp3) is 0.100. The average Bonchev–Trinajstić information content (AvgIpc) is 2.25. The third-order valence-electron chi connectivity index (χ3n) is 1.72.